The number of benzene rings is 1. The quantitative estimate of drug-likeness (QED) is 0.767. The molecule has 0 saturated carbocycles. The highest BCUT2D eigenvalue weighted by Crippen LogP contribution is 2.14. The van der Waals surface area contributed by atoms with E-state index in [1.165, 1.54) is 4.90 Å². The third-order valence-corrected chi connectivity index (χ3v) is 4.54. The fourth-order valence-corrected chi connectivity index (χ4v) is 3.17. The highest BCUT2D eigenvalue weighted by atomic mass is 79.9. The summed E-state index contributed by atoms with van der Waals surface area (Å²) in [7, 11) is 0. The number of aryl methyl sites for hydroxylation is 1. The van der Waals surface area contributed by atoms with Crippen molar-refractivity contribution in [1.82, 2.24) is 15.1 Å². The van der Waals surface area contributed by atoms with Gasteiger partial charge in [0.15, 0.2) is 0 Å². The summed E-state index contributed by atoms with van der Waals surface area (Å²) in [5.74, 6) is -1.02. The molecule has 2 rings (SSSR count). The molecule has 6 nitrogen and oxygen atoms in total. The zero-order valence-corrected chi connectivity index (χ0v) is 16.2. The van der Waals surface area contributed by atoms with Gasteiger partial charge in [0, 0.05) is 43.1 Å². The van der Waals surface area contributed by atoms with Crippen molar-refractivity contribution in [2.24, 2.45) is 0 Å². The number of hydrogen-bond donors (Lipinski definition) is 1. The highest BCUT2D eigenvalue weighted by molar-refractivity contribution is 9.10. The maximum absolute atomic E-state index is 12.3. The van der Waals surface area contributed by atoms with Gasteiger partial charge in [0.25, 0.3) is 0 Å². The minimum absolute atomic E-state index is 0.0719. The Hall–Kier alpha value is -1.89. The van der Waals surface area contributed by atoms with Gasteiger partial charge in [0.05, 0.1) is 0 Å². The van der Waals surface area contributed by atoms with E-state index in [2.05, 4.69) is 21.2 Å². The van der Waals surface area contributed by atoms with Gasteiger partial charge in [-0.15, -0.1) is 0 Å². The van der Waals surface area contributed by atoms with E-state index in [0.29, 0.717) is 39.0 Å². The van der Waals surface area contributed by atoms with Gasteiger partial charge in [-0.3, -0.25) is 14.4 Å². The second-order valence-electron chi connectivity index (χ2n) is 6.43. The fourth-order valence-electron chi connectivity index (χ4n) is 2.73. The van der Waals surface area contributed by atoms with E-state index in [1.807, 2.05) is 38.1 Å². The van der Waals surface area contributed by atoms with E-state index in [-0.39, 0.29) is 11.9 Å². The molecule has 25 heavy (non-hydrogen) atoms. The number of hydrogen-bond acceptors (Lipinski definition) is 3. The number of halogens is 1. The molecule has 0 atom stereocenters. The Morgan fingerprint density at radius 2 is 1.76 bits per heavy atom. The summed E-state index contributed by atoms with van der Waals surface area (Å²) in [4.78, 5) is 39.4. The molecule has 1 fully saturated rings. The van der Waals surface area contributed by atoms with Gasteiger partial charge < -0.3 is 15.1 Å². The summed E-state index contributed by atoms with van der Waals surface area (Å²) in [6, 6.07) is 7.85. The van der Waals surface area contributed by atoms with E-state index in [1.54, 1.807) is 4.90 Å². The van der Waals surface area contributed by atoms with Crippen LogP contribution in [0, 0.1) is 0 Å². The molecule has 1 aliphatic heterocycles. The third-order valence-electron chi connectivity index (χ3n) is 4.05. The molecule has 1 heterocycles. The monoisotopic (exact) mass is 409 g/mol. The van der Waals surface area contributed by atoms with Crippen molar-refractivity contribution in [2.75, 3.05) is 26.2 Å². The van der Waals surface area contributed by atoms with E-state index >= 15 is 0 Å². The molecule has 0 bridgehead atoms. The number of amides is 3. The van der Waals surface area contributed by atoms with Crippen LogP contribution < -0.4 is 5.32 Å². The molecule has 3 amide bonds. The first-order chi connectivity index (χ1) is 11.9. The van der Waals surface area contributed by atoms with Crippen LogP contribution in [-0.4, -0.2) is 59.7 Å². The fraction of sp³-hybridized carbons (Fsp3) is 0.500. The summed E-state index contributed by atoms with van der Waals surface area (Å²) in [5, 5.41) is 2.60. The Bertz CT molecular complexity index is 640. The lowest BCUT2D eigenvalue weighted by Gasteiger charge is -2.34. The lowest BCUT2D eigenvalue weighted by atomic mass is 10.1. The molecule has 1 saturated heterocycles. The van der Waals surface area contributed by atoms with Gasteiger partial charge in [0.1, 0.15) is 0 Å². The molecule has 0 aromatic heterocycles. The number of nitrogens with one attached hydrogen (secondary N) is 1. The van der Waals surface area contributed by atoms with E-state index < -0.39 is 11.8 Å². The lowest BCUT2D eigenvalue weighted by Crippen LogP contribution is -2.54. The molecule has 1 aromatic rings. The van der Waals surface area contributed by atoms with Crippen molar-refractivity contribution in [3.05, 3.63) is 34.3 Å². The first kappa shape index (κ1) is 19.4. The van der Waals surface area contributed by atoms with Crippen LogP contribution in [0.2, 0.25) is 0 Å². The molecule has 1 aliphatic rings. The van der Waals surface area contributed by atoms with E-state index in [0.717, 1.165) is 10.0 Å². The van der Waals surface area contributed by atoms with Gasteiger partial charge >= 0.3 is 11.8 Å². The lowest BCUT2D eigenvalue weighted by molar-refractivity contribution is -0.148. The standard InChI is InChI=1S/C18H24BrN3O3/c1-13(2)20-17(24)18(25)22-10-8-21(9-11-22)16(23)7-6-14-4-3-5-15(19)12-14/h3-5,12-13H,6-11H2,1-2H3,(H,20,24). The first-order valence-electron chi connectivity index (χ1n) is 8.49. The van der Waals surface area contributed by atoms with Crippen molar-refractivity contribution in [3.8, 4) is 0 Å². The zero-order chi connectivity index (χ0) is 18.4. The van der Waals surface area contributed by atoms with Gasteiger partial charge in [-0.2, -0.15) is 0 Å². The Balaban J connectivity index is 1.78. The summed E-state index contributed by atoms with van der Waals surface area (Å²) in [6.45, 7) is 5.36. The molecular formula is C18H24BrN3O3. The average molecular weight is 410 g/mol. The summed E-state index contributed by atoms with van der Waals surface area (Å²) < 4.78 is 1.00. The topological polar surface area (TPSA) is 69.7 Å². The Labute approximate surface area is 156 Å². The summed E-state index contributed by atoms with van der Waals surface area (Å²) in [5.41, 5.74) is 1.11. The maximum Gasteiger partial charge on any atom is 0.312 e. The van der Waals surface area contributed by atoms with Crippen LogP contribution in [0.1, 0.15) is 25.8 Å². The van der Waals surface area contributed by atoms with E-state index in [4.69, 9.17) is 0 Å². The molecule has 0 aliphatic carbocycles. The molecule has 136 valence electrons. The number of carbonyl (C=O) groups excluding carboxylic acids is 3. The summed E-state index contributed by atoms with van der Waals surface area (Å²) >= 11 is 3.43. The van der Waals surface area contributed by atoms with Crippen LogP contribution in [0.4, 0.5) is 0 Å². The van der Waals surface area contributed by atoms with Crippen molar-refractivity contribution < 1.29 is 14.4 Å². The molecular weight excluding hydrogens is 386 g/mol. The van der Waals surface area contributed by atoms with Gasteiger partial charge in [-0.1, -0.05) is 28.1 Å². The van der Waals surface area contributed by atoms with Crippen molar-refractivity contribution in [1.29, 1.82) is 0 Å². The normalized spacial score (nSPS) is 14.6. The van der Waals surface area contributed by atoms with Gasteiger partial charge in [-0.05, 0) is 38.0 Å². The minimum Gasteiger partial charge on any atom is -0.346 e. The van der Waals surface area contributed by atoms with Crippen molar-refractivity contribution in [3.63, 3.8) is 0 Å². The number of carbonyl (C=O) groups is 3. The molecule has 7 heteroatoms. The second kappa shape index (κ2) is 8.99. The number of nitrogens with zero attached hydrogens (tertiary/aromatic N) is 2. The molecule has 0 radical (unpaired) electrons. The SMILES string of the molecule is CC(C)NC(=O)C(=O)N1CCN(C(=O)CCc2cccc(Br)c2)CC1. The molecule has 0 spiro atoms. The molecule has 1 aromatic carbocycles. The largest absolute Gasteiger partial charge is 0.346 e. The van der Waals surface area contributed by atoms with Crippen LogP contribution >= 0.6 is 15.9 Å². The smallest absolute Gasteiger partial charge is 0.312 e. The maximum atomic E-state index is 12.3. The van der Waals surface area contributed by atoms with Crippen LogP contribution in [-0.2, 0) is 20.8 Å². The Morgan fingerprint density at radius 3 is 2.36 bits per heavy atom. The van der Waals surface area contributed by atoms with Crippen molar-refractivity contribution in [2.45, 2.75) is 32.7 Å². The predicted octanol–water partition coefficient (Wildman–Crippen LogP) is 1.58. The van der Waals surface area contributed by atoms with Crippen LogP contribution in [0.15, 0.2) is 28.7 Å². The summed E-state index contributed by atoms with van der Waals surface area (Å²) in [6.07, 6.45) is 1.13. The highest BCUT2D eigenvalue weighted by Gasteiger charge is 2.27. The Morgan fingerprint density at radius 1 is 1.12 bits per heavy atom. The number of piperazine rings is 1. The van der Waals surface area contributed by atoms with Crippen LogP contribution in [0.3, 0.4) is 0 Å². The van der Waals surface area contributed by atoms with Gasteiger partial charge in [0.2, 0.25) is 5.91 Å². The predicted molar refractivity (Wildman–Crippen MR) is 98.9 cm³/mol. The molecule has 0 unspecified atom stereocenters. The van der Waals surface area contributed by atoms with Crippen LogP contribution in [0.25, 0.3) is 0 Å². The van der Waals surface area contributed by atoms with Crippen molar-refractivity contribution >= 4 is 33.7 Å². The average Bonchev–Trinajstić information content (AvgIpc) is 2.58. The molecule has 1 N–H and O–H groups in total. The van der Waals surface area contributed by atoms with E-state index in [9.17, 15) is 14.4 Å². The number of rotatable bonds is 4. The Kier molecular flexibility index (Phi) is 6.99. The van der Waals surface area contributed by atoms with Crippen LogP contribution in [0.5, 0.6) is 0 Å². The first-order valence-corrected chi connectivity index (χ1v) is 9.28. The van der Waals surface area contributed by atoms with Gasteiger partial charge in [-0.25, -0.2) is 0 Å². The minimum atomic E-state index is -0.579. The third kappa shape index (κ3) is 5.85. The zero-order valence-electron chi connectivity index (χ0n) is 14.6. The second-order valence-corrected chi connectivity index (χ2v) is 7.35.